The third kappa shape index (κ3) is 3.41. The van der Waals surface area contributed by atoms with Crippen molar-refractivity contribution in [3.05, 3.63) is 24.3 Å². The Morgan fingerprint density at radius 3 is 2.61 bits per heavy atom. The van der Waals surface area contributed by atoms with Crippen LogP contribution in [0.5, 0.6) is 11.5 Å². The number of aliphatic carboxylic acids is 1. The van der Waals surface area contributed by atoms with Gasteiger partial charge in [0.25, 0.3) is 0 Å². The molecule has 6 heteroatoms. The highest BCUT2D eigenvalue weighted by molar-refractivity contribution is 5.80. The normalized spacial score (nSPS) is 25.9. The Hall–Kier alpha value is -2.24. The van der Waals surface area contributed by atoms with E-state index in [-0.39, 0.29) is 17.9 Å². The molecule has 1 aliphatic carbocycles. The number of ether oxygens (including phenoxy) is 2. The van der Waals surface area contributed by atoms with Gasteiger partial charge in [-0.3, -0.25) is 9.59 Å². The number of rotatable bonds is 4. The SMILES string of the molecule is CN(CC1COc2ccccc2O1)C(=O)[C@@H]1CC[C@H](C(=O)O)C1. The number of carboxylic acid groups (broad SMARTS) is 1. The van der Waals surface area contributed by atoms with Crippen LogP contribution < -0.4 is 9.47 Å². The van der Waals surface area contributed by atoms with Crippen LogP contribution in [0.3, 0.4) is 0 Å². The molecular formula is C17H21NO5. The molecule has 2 aliphatic rings. The standard InChI is InChI=1S/C17H21NO5/c1-18(16(19)11-6-7-12(8-11)17(20)21)9-13-10-22-14-4-2-3-5-15(14)23-13/h2-5,11-13H,6-10H2,1H3,(H,20,21)/t11-,12+,13?/m1/s1. The molecule has 0 bridgehead atoms. The van der Waals surface area contributed by atoms with Gasteiger partial charge in [0.2, 0.25) is 5.91 Å². The summed E-state index contributed by atoms with van der Waals surface area (Å²) in [5, 5.41) is 9.04. The number of hydrogen-bond acceptors (Lipinski definition) is 4. The van der Waals surface area contributed by atoms with Crippen molar-refractivity contribution in [2.75, 3.05) is 20.2 Å². The van der Waals surface area contributed by atoms with Crippen molar-refractivity contribution in [3.8, 4) is 11.5 Å². The Morgan fingerprint density at radius 2 is 1.91 bits per heavy atom. The molecule has 0 aromatic heterocycles. The smallest absolute Gasteiger partial charge is 0.306 e. The number of likely N-dealkylation sites (N-methyl/N-ethyl adjacent to an activating group) is 1. The summed E-state index contributed by atoms with van der Waals surface area (Å²) in [6.07, 6.45) is 1.44. The summed E-state index contributed by atoms with van der Waals surface area (Å²) in [6.45, 7) is 0.832. The van der Waals surface area contributed by atoms with Crippen LogP contribution >= 0.6 is 0 Å². The van der Waals surface area contributed by atoms with Gasteiger partial charge >= 0.3 is 5.97 Å². The summed E-state index contributed by atoms with van der Waals surface area (Å²) in [4.78, 5) is 25.1. The van der Waals surface area contributed by atoms with Crippen LogP contribution in [0.1, 0.15) is 19.3 Å². The first-order valence-electron chi connectivity index (χ1n) is 7.91. The highest BCUT2D eigenvalue weighted by Crippen LogP contribution is 2.33. The predicted molar refractivity (Wildman–Crippen MR) is 82.5 cm³/mol. The molecule has 124 valence electrons. The minimum absolute atomic E-state index is 0.00351. The van der Waals surface area contributed by atoms with Gasteiger partial charge < -0.3 is 19.5 Å². The number of hydrogen-bond donors (Lipinski definition) is 1. The number of fused-ring (bicyclic) bond motifs is 1. The molecule has 1 aliphatic heterocycles. The summed E-state index contributed by atoms with van der Waals surface area (Å²) >= 11 is 0. The Balaban J connectivity index is 1.54. The lowest BCUT2D eigenvalue weighted by Gasteiger charge is -2.30. The van der Waals surface area contributed by atoms with E-state index in [1.807, 2.05) is 24.3 Å². The van der Waals surface area contributed by atoms with Crippen LogP contribution in [-0.4, -0.2) is 48.2 Å². The van der Waals surface area contributed by atoms with E-state index in [1.54, 1.807) is 11.9 Å². The fraction of sp³-hybridized carbons (Fsp3) is 0.529. The van der Waals surface area contributed by atoms with Crippen LogP contribution in [0.15, 0.2) is 24.3 Å². The lowest BCUT2D eigenvalue weighted by atomic mass is 10.0. The van der Waals surface area contributed by atoms with E-state index in [4.69, 9.17) is 14.6 Å². The fourth-order valence-electron chi connectivity index (χ4n) is 3.29. The summed E-state index contributed by atoms with van der Waals surface area (Å²) in [5.41, 5.74) is 0. The van der Waals surface area contributed by atoms with Crippen LogP contribution in [0.4, 0.5) is 0 Å². The van der Waals surface area contributed by atoms with Crippen molar-refractivity contribution < 1.29 is 24.2 Å². The van der Waals surface area contributed by atoms with Gasteiger partial charge in [0.1, 0.15) is 6.61 Å². The zero-order valence-electron chi connectivity index (χ0n) is 13.1. The van der Waals surface area contributed by atoms with Gasteiger partial charge in [-0.05, 0) is 31.4 Å². The molecule has 1 N–H and O–H groups in total. The number of benzene rings is 1. The maximum absolute atomic E-state index is 12.5. The molecule has 1 heterocycles. The number of carbonyl (C=O) groups excluding carboxylic acids is 1. The Bertz CT molecular complexity index is 602. The molecule has 3 rings (SSSR count). The first kappa shape index (κ1) is 15.6. The minimum Gasteiger partial charge on any atom is -0.486 e. The van der Waals surface area contributed by atoms with Crippen molar-refractivity contribution in [3.63, 3.8) is 0 Å². The van der Waals surface area contributed by atoms with Gasteiger partial charge in [0.15, 0.2) is 17.6 Å². The van der Waals surface area contributed by atoms with Crippen LogP contribution in [-0.2, 0) is 9.59 Å². The van der Waals surface area contributed by atoms with Gasteiger partial charge in [-0.2, -0.15) is 0 Å². The van der Waals surface area contributed by atoms with E-state index in [0.717, 1.165) is 5.75 Å². The second-order valence-corrected chi connectivity index (χ2v) is 6.26. The molecule has 23 heavy (non-hydrogen) atoms. The van der Waals surface area contributed by atoms with E-state index in [0.29, 0.717) is 38.2 Å². The Labute approximate surface area is 135 Å². The predicted octanol–water partition coefficient (Wildman–Crippen LogP) is 1.79. The summed E-state index contributed by atoms with van der Waals surface area (Å²) in [7, 11) is 1.74. The maximum atomic E-state index is 12.5. The quantitative estimate of drug-likeness (QED) is 0.915. The zero-order chi connectivity index (χ0) is 16.4. The van der Waals surface area contributed by atoms with E-state index in [9.17, 15) is 9.59 Å². The molecule has 6 nitrogen and oxygen atoms in total. The summed E-state index contributed by atoms with van der Waals surface area (Å²) < 4.78 is 11.5. The molecule has 0 spiro atoms. The van der Waals surface area contributed by atoms with E-state index < -0.39 is 11.9 Å². The monoisotopic (exact) mass is 319 g/mol. The van der Waals surface area contributed by atoms with Gasteiger partial charge in [-0.25, -0.2) is 0 Å². The second kappa shape index (κ2) is 6.48. The molecule has 1 fully saturated rings. The van der Waals surface area contributed by atoms with Crippen molar-refractivity contribution in [2.24, 2.45) is 11.8 Å². The van der Waals surface area contributed by atoms with Crippen molar-refractivity contribution in [1.82, 2.24) is 4.90 Å². The zero-order valence-corrected chi connectivity index (χ0v) is 13.1. The van der Waals surface area contributed by atoms with Crippen molar-refractivity contribution in [1.29, 1.82) is 0 Å². The number of amides is 1. The number of carbonyl (C=O) groups is 2. The molecular weight excluding hydrogens is 298 g/mol. The molecule has 1 amide bonds. The number of carboxylic acids is 1. The second-order valence-electron chi connectivity index (χ2n) is 6.26. The molecule has 0 radical (unpaired) electrons. The average Bonchev–Trinajstić information content (AvgIpc) is 3.04. The van der Waals surface area contributed by atoms with Crippen molar-refractivity contribution in [2.45, 2.75) is 25.4 Å². The Kier molecular flexibility index (Phi) is 4.41. The highest BCUT2D eigenvalue weighted by Gasteiger charge is 2.36. The molecule has 1 aromatic carbocycles. The molecule has 1 aromatic rings. The largest absolute Gasteiger partial charge is 0.486 e. The molecule has 3 atom stereocenters. The Morgan fingerprint density at radius 1 is 1.22 bits per heavy atom. The van der Waals surface area contributed by atoms with Gasteiger partial charge in [0.05, 0.1) is 12.5 Å². The maximum Gasteiger partial charge on any atom is 0.306 e. The van der Waals surface area contributed by atoms with Gasteiger partial charge in [0, 0.05) is 13.0 Å². The molecule has 1 unspecified atom stereocenters. The average molecular weight is 319 g/mol. The van der Waals surface area contributed by atoms with Gasteiger partial charge in [-0.1, -0.05) is 12.1 Å². The third-order valence-corrected chi connectivity index (χ3v) is 4.55. The van der Waals surface area contributed by atoms with Gasteiger partial charge in [-0.15, -0.1) is 0 Å². The van der Waals surface area contributed by atoms with Crippen LogP contribution in [0.25, 0.3) is 0 Å². The number of nitrogens with zero attached hydrogens (tertiary/aromatic N) is 1. The lowest BCUT2D eigenvalue weighted by Crippen LogP contribution is -2.43. The van der Waals surface area contributed by atoms with Crippen molar-refractivity contribution >= 4 is 11.9 Å². The molecule has 0 saturated heterocycles. The number of para-hydroxylation sites is 2. The van der Waals surface area contributed by atoms with E-state index >= 15 is 0 Å². The minimum atomic E-state index is -0.802. The summed E-state index contributed by atoms with van der Waals surface area (Å²) in [6, 6.07) is 7.46. The topological polar surface area (TPSA) is 76.1 Å². The summed E-state index contributed by atoms with van der Waals surface area (Å²) in [5.74, 6) is 0.0189. The third-order valence-electron chi connectivity index (χ3n) is 4.55. The van der Waals surface area contributed by atoms with E-state index in [2.05, 4.69) is 0 Å². The first-order chi connectivity index (χ1) is 11.0. The fourth-order valence-corrected chi connectivity index (χ4v) is 3.29. The molecule has 1 saturated carbocycles. The van der Waals surface area contributed by atoms with Crippen LogP contribution in [0.2, 0.25) is 0 Å². The first-order valence-corrected chi connectivity index (χ1v) is 7.91. The van der Waals surface area contributed by atoms with Crippen LogP contribution in [0, 0.1) is 11.8 Å². The van der Waals surface area contributed by atoms with E-state index in [1.165, 1.54) is 0 Å². The highest BCUT2D eigenvalue weighted by atomic mass is 16.6. The lowest BCUT2D eigenvalue weighted by molar-refractivity contribution is -0.141.